The van der Waals surface area contributed by atoms with Crippen molar-refractivity contribution >= 4 is 35.0 Å². The van der Waals surface area contributed by atoms with E-state index in [1.165, 1.54) is 7.11 Å². The fourth-order valence-corrected chi connectivity index (χ4v) is 2.81. The maximum Gasteiger partial charge on any atom is 0.331 e. The summed E-state index contributed by atoms with van der Waals surface area (Å²) in [7, 11) is 1.24. The Morgan fingerprint density at radius 1 is 1.33 bits per heavy atom. The topological polar surface area (TPSA) is 89.4 Å². The molecule has 0 unspecified atom stereocenters. The van der Waals surface area contributed by atoms with Crippen LogP contribution in [0.25, 0.3) is 0 Å². The Hall–Kier alpha value is -3.13. The van der Waals surface area contributed by atoms with Gasteiger partial charge in [0.05, 0.1) is 18.2 Å². The van der Waals surface area contributed by atoms with E-state index in [1.54, 1.807) is 18.4 Å². The Kier molecular flexibility index (Phi) is 7.57. The number of esters is 1. The van der Waals surface area contributed by atoms with E-state index in [2.05, 4.69) is 33.4 Å². The number of amides is 1. The number of allylic oxidation sites excluding steroid dienone is 1. The van der Waals surface area contributed by atoms with Gasteiger partial charge in [-0.3, -0.25) is 10.1 Å². The lowest BCUT2D eigenvalue weighted by atomic mass is 10.1. The molecule has 0 saturated carbocycles. The summed E-state index contributed by atoms with van der Waals surface area (Å²) >= 11 is 1.01. The summed E-state index contributed by atoms with van der Waals surface area (Å²) in [6, 6.07) is 5.62. The zero-order chi connectivity index (χ0) is 19.6. The van der Waals surface area contributed by atoms with Gasteiger partial charge in [-0.1, -0.05) is 18.7 Å². The van der Waals surface area contributed by atoms with Gasteiger partial charge in [-0.25, -0.2) is 4.79 Å². The van der Waals surface area contributed by atoms with Crippen molar-refractivity contribution < 1.29 is 19.1 Å². The number of nitrogens with one attached hydrogen (secondary N) is 1. The predicted octanol–water partition coefficient (Wildman–Crippen LogP) is 2.59. The van der Waals surface area contributed by atoms with Crippen molar-refractivity contribution in [1.82, 2.24) is 5.32 Å². The normalized spacial score (nSPS) is 16.6. The molecule has 1 heterocycles. The molecule has 140 valence electrons. The fourth-order valence-electron chi connectivity index (χ4n) is 2.07. The van der Waals surface area contributed by atoms with Gasteiger partial charge in [0.2, 0.25) is 0 Å². The maximum absolute atomic E-state index is 11.7. The number of thioether (sulfide) groups is 1. The van der Waals surface area contributed by atoms with Crippen molar-refractivity contribution in [1.29, 1.82) is 0 Å². The quantitative estimate of drug-likeness (QED) is 0.244. The van der Waals surface area contributed by atoms with E-state index in [0.717, 1.165) is 34.7 Å². The van der Waals surface area contributed by atoms with E-state index >= 15 is 0 Å². The fraction of sp³-hybridized carbons (Fsp3) is 0.158. The van der Waals surface area contributed by atoms with Gasteiger partial charge < -0.3 is 9.47 Å². The third-order valence-electron chi connectivity index (χ3n) is 3.26. The van der Waals surface area contributed by atoms with Crippen LogP contribution in [0.1, 0.15) is 11.1 Å². The summed E-state index contributed by atoms with van der Waals surface area (Å²) < 4.78 is 10.1. The first kappa shape index (κ1) is 20.2. The Labute approximate surface area is 161 Å². The first-order valence-corrected chi connectivity index (χ1v) is 8.76. The van der Waals surface area contributed by atoms with Gasteiger partial charge in [-0.15, -0.1) is 11.7 Å². The molecule has 0 aromatic heterocycles. The van der Waals surface area contributed by atoms with Gasteiger partial charge in [0.25, 0.3) is 5.91 Å². The standard InChI is InChI=1S/C19H19N3O4S/c1-4-6-14-10-13(7-8-15(14)26-9-5-2)12-20-22-19-21-18(24)16(27-19)11-17(23)25-3/h4-5,7-8,10-12H,1-2,6,9H2,3H3,(H,21,22,24)/b16-11+,20-12?. The van der Waals surface area contributed by atoms with Crippen molar-refractivity contribution in [3.05, 3.63) is 65.6 Å². The lowest BCUT2D eigenvalue weighted by molar-refractivity contribution is -0.135. The first-order chi connectivity index (χ1) is 13.1. The van der Waals surface area contributed by atoms with Crippen molar-refractivity contribution in [2.24, 2.45) is 10.2 Å². The summed E-state index contributed by atoms with van der Waals surface area (Å²) in [4.78, 5) is 23.2. The van der Waals surface area contributed by atoms with Crippen LogP contribution in [-0.2, 0) is 20.7 Å². The molecule has 1 amide bonds. The molecular weight excluding hydrogens is 366 g/mol. The highest BCUT2D eigenvalue weighted by Gasteiger charge is 2.24. The van der Waals surface area contributed by atoms with Gasteiger partial charge in [0.15, 0.2) is 5.17 Å². The van der Waals surface area contributed by atoms with E-state index in [1.807, 2.05) is 18.2 Å². The molecule has 1 aliphatic rings. The number of hydrogen-bond donors (Lipinski definition) is 1. The summed E-state index contributed by atoms with van der Waals surface area (Å²) in [5.74, 6) is -0.267. The van der Waals surface area contributed by atoms with Crippen LogP contribution in [0.2, 0.25) is 0 Å². The number of carbonyl (C=O) groups excluding carboxylic acids is 2. The largest absolute Gasteiger partial charge is 0.489 e. The van der Waals surface area contributed by atoms with Gasteiger partial charge in [0.1, 0.15) is 12.4 Å². The zero-order valence-corrected chi connectivity index (χ0v) is 15.6. The van der Waals surface area contributed by atoms with Crippen LogP contribution in [0, 0.1) is 0 Å². The van der Waals surface area contributed by atoms with E-state index in [9.17, 15) is 9.59 Å². The van der Waals surface area contributed by atoms with Crippen LogP contribution in [0.5, 0.6) is 5.75 Å². The molecule has 27 heavy (non-hydrogen) atoms. The van der Waals surface area contributed by atoms with Gasteiger partial charge in [-0.05, 0) is 47.5 Å². The van der Waals surface area contributed by atoms with Crippen molar-refractivity contribution in [3.8, 4) is 5.75 Å². The number of benzene rings is 1. The molecule has 0 bridgehead atoms. The van der Waals surface area contributed by atoms with Crippen LogP contribution in [0.15, 0.2) is 64.7 Å². The summed E-state index contributed by atoms with van der Waals surface area (Å²) in [6.45, 7) is 7.81. The summed E-state index contributed by atoms with van der Waals surface area (Å²) in [5, 5.41) is 10.8. The van der Waals surface area contributed by atoms with Crippen LogP contribution in [0.4, 0.5) is 0 Å². The Balaban J connectivity index is 2.10. The lowest BCUT2D eigenvalue weighted by Crippen LogP contribution is -2.19. The molecule has 0 spiro atoms. The third kappa shape index (κ3) is 5.96. The molecule has 0 aliphatic carbocycles. The predicted molar refractivity (Wildman–Crippen MR) is 107 cm³/mol. The number of rotatable bonds is 8. The number of ether oxygens (including phenoxy) is 2. The van der Waals surface area contributed by atoms with Gasteiger partial charge >= 0.3 is 5.97 Å². The molecular formula is C19H19N3O4S. The SMILES string of the molecule is C=CCOc1ccc(C=N/N=C2/NC(=O)/C(=C\C(=O)OC)S2)cc1CC=C. The second kappa shape index (κ2) is 10.1. The van der Waals surface area contributed by atoms with Crippen molar-refractivity contribution in [3.63, 3.8) is 0 Å². The number of amidine groups is 1. The van der Waals surface area contributed by atoms with Gasteiger partial charge in [0, 0.05) is 6.08 Å². The average molecular weight is 385 g/mol. The molecule has 1 aromatic rings. The molecule has 0 radical (unpaired) electrons. The Morgan fingerprint density at radius 3 is 2.85 bits per heavy atom. The monoisotopic (exact) mass is 385 g/mol. The third-order valence-corrected chi connectivity index (χ3v) is 4.16. The highest BCUT2D eigenvalue weighted by Crippen LogP contribution is 2.24. The smallest absolute Gasteiger partial charge is 0.331 e. The molecule has 1 saturated heterocycles. The minimum atomic E-state index is -0.606. The number of hydrogen-bond acceptors (Lipinski definition) is 7. The van der Waals surface area contributed by atoms with Crippen LogP contribution < -0.4 is 10.1 Å². The van der Waals surface area contributed by atoms with E-state index in [0.29, 0.717) is 13.0 Å². The minimum Gasteiger partial charge on any atom is -0.489 e. The molecule has 0 atom stereocenters. The zero-order valence-electron chi connectivity index (χ0n) is 14.8. The Morgan fingerprint density at radius 2 is 2.15 bits per heavy atom. The molecule has 1 aliphatic heterocycles. The van der Waals surface area contributed by atoms with E-state index in [4.69, 9.17) is 4.74 Å². The van der Waals surface area contributed by atoms with Crippen molar-refractivity contribution in [2.45, 2.75) is 6.42 Å². The lowest BCUT2D eigenvalue weighted by Gasteiger charge is -2.09. The molecule has 7 nitrogen and oxygen atoms in total. The second-order valence-corrected chi connectivity index (χ2v) is 6.23. The second-order valence-electron chi connectivity index (χ2n) is 5.20. The van der Waals surface area contributed by atoms with Crippen LogP contribution >= 0.6 is 11.8 Å². The average Bonchev–Trinajstić information content (AvgIpc) is 3.00. The molecule has 1 N–H and O–H groups in total. The highest BCUT2D eigenvalue weighted by atomic mass is 32.2. The maximum atomic E-state index is 11.7. The number of nitrogens with zero attached hydrogens (tertiary/aromatic N) is 2. The molecule has 2 rings (SSSR count). The number of carbonyl (C=O) groups is 2. The highest BCUT2D eigenvalue weighted by molar-refractivity contribution is 8.18. The first-order valence-electron chi connectivity index (χ1n) is 7.94. The van der Waals surface area contributed by atoms with Crippen LogP contribution in [0.3, 0.4) is 0 Å². The molecule has 1 aromatic carbocycles. The van der Waals surface area contributed by atoms with Gasteiger partial charge in [-0.2, -0.15) is 5.10 Å². The molecule has 8 heteroatoms. The minimum absolute atomic E-state index is 0.202. The molecule has 1 fully saturated rings. The van der Waals surface area contributed by atoms with E-state index < -0.39 is 11.9 Å². The number of methoxy groups -OCH3 is 1. The van der Waals surface area contributed by atoms with E-state index in [-0.39, 0.29) is 10.1 Å². The van der Waals surface area contributed by atoms with Crippen molar-refractivity contribution in [2.75, 3.05) is 13.7 Å². The Bertz CT molecular complexity index is 843. The van der Waals surface area contributed by atoms with Crippen LogP contribution in [-0.4, -0.2) is 37.0 Å². The summed E-state index contributed by atoms with van der Waals surface area (Å²) in [6.07, 6.45) is 6.79. The summed E-state index contributed by atoms with van der Waals surface area (Å²) in [5.41, 5.74) is 1.79.